The lowest BCUT2D eigenvalue weighted by atomic mass is 10.3. The molecule has 1 heterocycles. The van der Waals surface area contributed by atoms with Crippen molar-refractivity contribution in [3.05, 3.63) is 60.4 Å². The largest absolute Gasteiger partial charge is 0.486 e. The van der Waals surface area contributed by atoms with Crippen molar-refractivity contribution in [1.82, 2.24) is 14.3 Å². The number of benzene rings is 2. The zero-order valence-corrected chi connectivity index (χ0v) is 14.4. The topological polar surface area (TPSA) is 90.3 Å². The average molecular weight is 359 g/mol. The molecule has 3 aromatic rings. The molecule has 0 unspecified atom stereocenters. The van der Waals surface area contributed by atoms with Crippen LogP contribution in [-0.2, 0) is 28.0 Å². The Morgan fingerprint density at radius 1 is 1.12 bits per heavy atom. The number of imidazole rings is 1. The molecule has 1 amide bonds. The molecule has 1 N–H and O–H groups in total. The van der Waals surface area contributed by atoms with Crippen LogP contribution in [0.15, 0.2) is 54.6 Å². The Kier molecular flexibility index (Phi) is 4.71. The molecule has 0 aliphatic carbocycles. The van der Waals surface area contributed by atoms with E-state index in [-0.39, 0.29) is 13.2 Å². The number of fused-ring (bicyclic) bond motifs is 1. The fourth-order valence-corrected chi connectivity index (χ4v) is 2.94. The molecule has 0 atom stereocenters. The van der Waals surface area contributed by atoms with E-state index in [1.165, 1.54) is 0 Å². The second-order valence-electron chi connectivity index (χ2n) is 5.50. The zero-order chi connectivity index (χ0) is 17.9. The van der Waals surface area contributed by atoms with Crippen molar-refractivity contribution in [2.75, 3.05) is 6.26 Å². The van der Waals surface area contributed by atoms with Crippen LogP contribution in [0.2, 0.25) is 0 Å². The summed E-state index contributed by atoms with van der Waals surface area (Å²) in [5.74, 6) is 0.585. The van der Waals surface area contributed by atoms with Gasteiger partial charge in [0, 0.05) is 0 Å². The number of nitrogens with one attached hydrogen (secondary N) is 1. The van der Waals surface area contributed by atoms with Gasteiger partial charge in [-0.05, 0) is 24.3 Å². The van der Waals surface area contributed by atoms with Crippen LogP contribution < -0.4 is 9.46 Å². The summed E-state index contributed by atoms with van der Waals surface area (Å²) in [6, 6.07) is 16.6. The fourth-order valence-electron chi connectivity index (χ4n) is 2.46. The number of aromatic nitrogens is 2. The van der Waals surface area contributed by atoms with E-state index in [1.807, 2.05) is 59.3 Å². The van der Waals surface area contributed by atoms with Crippen LogP contribution >= 0.6 is 0 Å². The normalized spacial score (nSPS) is 11.4. The van der Waals surface area contributed by atoms with E-state index in [0.717, 1.165) is 11.8 Å². The van der Waals surface area contributed by atoms with Crippen molar-refractivity contribution in [3.8, 4) is 5.75 Å². The maximum atomic E-state index is 12.0. The van der Waals surface area contributed by atoms with Gasteiger partial charge in [0.05, 0.1) is 17.3 Å². The second-order valence-corrected chi connectivity index (χ2v) is 7.25. The van der Waals surface area contributed by atoms with Gasteiger partial charge in [-0.15, -0.1) is 0 Å². The Morgan fingerprint density at radius 2 is 1.80 bits per heavy atom. The summed E-state index contributed by atoms with van der Waals surface area (Å²) in [6.45, 7) is -0.00802. The van der Waals surface area contributed by atoms with Gasteiger partial charge in [0.1, 0.15) is 24.7 Å². The molecule has 0 aliphatic heterocycles. The molecule has 8 heteroatoms. The van der Waals surface area contributed by atoms with Gasteiger partial charge < -0.3 is 9.30 Å². The lowest BCUT2D eigenvalue weighted by molar-refractivity contribution is -0.119. The molecule has 25 heavy (non-hydrogen) atoms. The van der Waals surface area contributed by atoms with Gasteiger partial charge in [-0.25, -0.2) is 13.4 Å². The van der Waals surface area contributed by atoms with Gasteiger partial charge in [0.15, 0.2) is 0 Å². The van der Waals surface area contributed by atoms with Crippen molar-refractivity contribution in [2.45, 2.75) is 13.2 Å². The number of hydrogen-bond donors (Lipinski definition) is 1. The molecule has 0 bridgehead atoms. The molecule has 130 valence electrons. The van der Waals surface area contributed by atoms with Crippen molar-refractivity contribution >= 4 is 27.0 Å². The molecule has 0 fully saturated rings. The van der Waals surface area contributed by atoms with Crippen molar-refractivity contribution in [2.24, 2.45) is 0 Å². The Hall–Kier alpha value is -2.87. The van der Waals surface area contributed by atoms with E-state index in [9.17, 15) is 13.2 Å². The number of para-hydroxylation sites is 3. The minimum absolute atomic E-state index is 0.158. The number of sulfonamides is 1. The smallest absolute Gasteiger partial charge is 0.253 e. The first-order chi connectivity index (χ1) is 11.9. The predicted molar refractivity (Wildman–Crippen MR) is 93.5 cm³/mol. The highest BCUT2D eigenvalue weighted by Crippen LogP contribution is 2.18. The molecular formula is C17H17N3O4S. The van der Waals surface area contributed by atoms with Gasteiger partial charge in [-0.3, -0.25) is 9.52 Å². The Balaban J connectivity index is 1.88. The van der Waals surface area contributed by atoms with Gasteiger partial charge in [0.2, 0.25) is 10.0 Å². The number of carbonyl (C=O) groups excluding carboxylic acids is 1. The number of amides is 1. The first-order valence-electron chi connectivity index (χ1n) is 7.55. The van der Waals surface area contributed by atoms with E-state index in [1.54, 1.807) is 4.57 Å². The van der Waals surface area contributed by atoms with E-state index < -0.39 is 15.9 Å². The fraction of sp³-hybridized carbons (Fsp3) is 0.176. The summed E-state index contributed by atoms with van der Waals surface area (Å²) < 4.78 is 31.8. The summed E-state index contributed by atoms with van der Waals surface area (Å²) in [7, 11) is -3.61. The maximum Gasteiger partial charge on any atom is 0.253 e. The highest BCUT2D eigenvalue weighted by atomic mass is 32.2. The summed E-state index contributed by atoms with van der Waals surface area (Å²) in [4.78, 5) is 16.5. The van der Waals surface area contributed by atoms with Crippen molar-refractivity contribution < 1.29 is 17.9 Å². The molecule has 2 aromatic carbocycles. The molecule has 3 rings (SSSR count). The van der Waals surface area contributed by atoms with E-state index >= 15 is 0 Å². The number of nitrogens with zero attached hydrogens (tertiary/aromatic N) is 2. The zero-order valence-electron chi connectivity index (χ0n) is 13.5. The molecule has 7 nitrogen and oxygen atoms in total. The molecule has 0 spiro atoms. The summed E-state index contributed by atoms with van der Waals surface area (Å²) in [5, 5.41) is 0. The van der Waals surface area contributed by atoms with Gasteiger partial charge in [-0.1, -0.05) is 30.3 Å². The first kappa shape index (κ1) is 17.0. The summed E-state index contributed by atoms with van der Waals surface area (Å²) in [6.07, 6.45) is 0.941. The molecule has 0 radical (unpaired) electrons. The Bertz CT molecular complexity index is 997. The molecule has 0 saturated carbocycles. The van der Waals surface area contributed by atoms with Gasteiger partial charge in [-0.2, -0.15) is 0 Å². The SMILES string of the molecule is CS(=O)(=O)NC(=O)Cn1c(COc2ccccc2)nc2ccccc21. The highest BCUT2D eigenvalue weighted by molar-refractivity contribution is 7.89. The minimum atomic E-state index is -3.61. The van der Waals surface area contributed by atoms with E-state index in [4.69, 9.17) is 4.74 Å². The van der Waals surface area contributed by atoms with Crippen LogP contribution in [0.5, 0.6) is 5.75 Å². The van der Waals surface area contributed by atoms with Crippen LogP contribution in [0.4, 0.5) is 0 Å². The second kappa shape index (κ2) is 6.94. The summed E-state index contributed by atoms with van der Waals surface area (Å²) in [5.41, 5.74) is 1.44. The lowest BCUT2D eigenvalue weighted by Crippen LogP contribution is -2.32. The van der Waals surface area contributed by atoms with Crippen molar-refractivity contribution in [3.63, 3.8) is 0 Å². The van der Waals surface area contributed by atoms with Gasteiger partial charge in [0.25, 0.3) is 5.91 Å². The van der Waals surface area contributed by atoms with Gasteiger partial charge >= 0.3 is 0 Å². The average Bonchev–Trinajstić information content (AvgIpc) is 2.90. The Labute approximate surface area is 145 Å². The lowest BCUT2D eigenvalue weighted by Gasteiger charge is -2.10. The van der Waals surface area contributed by atoms with Crippen LogP contribution in [0.3, 0.4) is 0 Å². The van der Waals surface area contributed by atoms with Crippen molar-refractivity contribution in [1.29, 1.82) is 0 Å². The molecular weight excluding hydrogens is 342 g/mol. The van der Waals surface area contributed by atoms with E-state index in [0.29, 0.717) is 17.1 Å². The van der Waals surface area contributed by atoms with E-state index in [2.05, 4.69) is 4.98 Å². The number of ether oxygens (including phenoxy) is 1. The van der Waals surface area contributed by atoms with Crippen LogP contribution in [0.25, 0.3) is 11.0 Å². The number of rotatable bonds is 6. The third-order valence-corrected chi connectivity index (χ3v) is 4.04. The first-order valence-corrected chi connectivity index (χ1v) is 9.44. The monoisotopic (exact) mass is 359 g/mol. The molecule has 1 aromatic heterocycles. The maximum absolute atomic E-state index is 12.0. The third-order valence-electron chi connectivity index (χ3n) is 3.45. The highest BCUT2D eigenvalue weighted by Gasteiger charge is 2.16. The standard InChI is InChI=1S/C17H17N3O4S/c1-25(22,23)19-17(21)11-20-15-10-6-5-9-14(15)18-16(20)12-24-13-7-3-2-4-8-13/h2-10H,11-12H2,1H3,(H,19,21). The molecule has 0 saturated heterocycles. The number of carbonyl (C=O) groups is 1. The minimum Gasteiger partial charge on any atom is -0.486 e. The third kappa shape index (κ3) is 4.36. The summed E-state index contributed by atoms with van der Waals surface area (Å²) >= 11 is 0. The quantitative estimate of drug-likeness (QED) is 0.723. The van der Waals surface area contributed by atoms with Crippen LogP contribution in [-0.4, -0.2) is 30.1 Å². The Morgan fingerprint density at radius 3 is 2.52 bits per heavy atom. The van der Waals surface area contributed by atoms with Crippen LogP contribution in [0.1, 0.15) is 5.82 Å². The predicted octanol–water partition coefficient (Wildman–Crippen LogP) is 1.69. The van der Waals surface area contributed by atoms with Crippen LogP contribution in [0, 0.1) is 0 Å². The molecule has 0 aliphatic rings. The number of hydrogen-bond acceptors (Lipinski definition) is 5.